The monoisotopic (exact) mass is 272 g/mol. The first-order valence-electron chi connectivity index (χ1n) is 8.05. The molecule has 1 N–H and O–H groups in total. The zero-order valence-electron chi connectivity index (χ0n) is 13.5. The Labute approximate surface area is 123 Å². The summed E-state index contributed by atoms with van der Waals surface area (Å²) in [5, 5.41) is 9.68. The highest BCUT2D eigenvalue weighted by molar-refractivity contribution is 5.44. The number of aliphatic hydroxyl groups excluding tert-OH is 1. The fraction of sp³-hybridized carbons (Fsp3) is 0.684. The van der Waals surface area contributed by atoms with E-state index < -0.39 is 0 Å². The third-order valence-electron chi connectivity index (χ3n) is 5.85. The summed E-state index contributed by atoms with van der Waals surface area (Å²) in [6, 6.07) is 7.10. The van der Waals surface area contributed by atoms with Crippen molar-refractivity contribution in [3.05, 3.63) is 34.9 Å². The predicted octanol–water partition coefficient (Wildman–Crippen LogP) is 4.52. The molecule has 1 aromatic carbocycles. The minimum absolute atomic E-state index is 0.0644. The SMILES string of the molecule is C[C@@H](c1ccc2c(c1)C(C)(C)CCC2(C)C)[C@@H]1CC1O. The van der Waals surface area contributed by atoms with E-state index in [0.717, 1.165) is 6.42 Å². The van der Waals surface area contributed by atoms with Crippen molar-refractivity contribution in [3.63, 3.8) is 0 Å². The molecule has 0 bridgehead atoms. The molecule has 3 rings (SSSR count). The Kier molecular flexibility index (Phi) is 3.06. The fourth-order valence-electron chi connectivity index (χ4n) is 3.87. The lowest BCUT2D eigenvalue weighted by Gasteiger charge is -2.42. The zero-order chi connectivity index (χ0) is 14.7. The van der Waals surface area contributed by atoms with Gasteiger partial charge in [-0.05, 0) is 58.6 Å². The van der Waals surface area contributed by atoms with Gasteiger partial charge in [-0.15, -0.1) is 0 Å². The van der Waals surface area contributed by atoms with E-state index in [9.17, 15) is 5.11 Å². The van der Waals surface area contributed by atoms with Gasteiger partial charge in [0, 0.05) is 0 Å². The van der Waals surface area contributed by atoms with Gasteiger partial charge in [-0.2, -0.15) is 0 Å². The third kappa shape index (κ3) is 2.20. The van der Waals surface area contributed by atoms with Crippen molar-refractivity contribution in [2.24, 2.45) is 5.92 Å². The van der Waals surface area contributed by atoms with Crippen LogP contribution in [0, 0.1) is 5.92 Å². The summed E-state index contributed by atoms with van der Waals surface area (Å²) in [6.07, 6.45) is 3.44. The first kappa shape index (κ1) is 14.1. The summed E-state index contributed by atoms with van der Waals surface area (Å²) in [5.74, 6) is 0.962. The van der Waals surface area contributed by atoms with Gasteiger partial charge in [-0.25, -0.2) is 0 Å². The normalized spacial score (nSPS) is 31.5. The minimum Gasteiger partial charge on any atom is -0.393 e. The lowest BCUT2D eigenvalue weighted by atomic mass is 9.62. The second-order valence-electron chi connectivity index (χ2n) is 8.33. The number of hydrogen-bond acceptors (Lipinski definition) is 1. The van der Waals surface area contributed by atoms with Crippen LogP contribution in [0.5, 0.6) is 0 Å². The Morgan fingerprint density at radius 2 is 1.60 bits per heavy atom. The molecular formula is C19H28O. The highest BCUT2D eigenvalue weighted by Crippen LogP contribution is 2.48. The topological polar surface area (TPSA) is 20.2 Å². The smallest absolute Gasteiger partial charge is 0.0578 e. The molecule has 110 valence electrons. The molecule has 1 fully saturated rings. The van der Waals surface area contributed by atoms with Crippen LogP contribution < -0.4 is 0 Å². The van der Waals surface area contributed by atoms with Crippen LogP contribution in [0.25, 0.3) is 0 Å². The zero-order valence-corrected chi connectivity index (χ0v) is 13.5. The molecule has 0 saturated heterocycles. The number of rotatable bonds is 2. The van der Waals surface area contributed by atoms with Gasteiger partial charge in [0.05, 0.1) is 6.10 Å². The standard InChI is InChI=1S/C19H28O/c1-12(14-11-17(14)20)13-6-7-15-16(10-13)19(4,5)9-8-18(15,2)3/h6-7,10,12,14,17,20H,8-9,11H2,1-5H3/t12-,14-,17?/m0/s1. The maximum Gasteiger partial charge on any atom is 0.0578 e. The Balaban J connectivity index is 2.02. The van der Waals surface area contributed by atoms with Crippen molar-refractivity contribution < 1.29 is 5.11 Å². The third-order valence-corrected chi connectivity index (χ3v) is 5.85. The summed E-state index contributed by atoms with van der Waals surface area (Å²) in [5.41, 5.74) is 5.06. The molecule has 1 nitrogen and oxygen atoms in total. The van der Waals surface area contributed by atoms with Crippen LogP contribution in [0.2, 0.25) is 0 Å². The van der Waals surface area contributed by atoms with Crippen molar-refractivity contribution >= 4 is 0 Å². The molecule has 1 heteroatoms. The molecule has 0 aromatic heterocycles. The van der Waals surface area contributed by atoms with Crippen LogP contribution in [0.15, 0.2) is 18.2 Å². The average Bonchev–Trinajstić information content (AvgIpc) is 3.11. The summed E-state index contributed by atoms with van der Waals surface area (Å²) >= 11 is 0. The van der Waals surface area contributed by atoms with Crippen LogP contribution in [0.4, 0.5) is 0 Å². The first-order chi connectivity index (χ1) is 9.22. The Hall–Kier alpha value is -0.820. The number of fused-ring (bicyclic) bond motifs is 1. The van der Waals surface area contributed by atoms with Gasteiger partial charge in [-0.3, -0.25) is 0 Å². The highest BCUT2D eigenvalue weighted by Gasteiger charge is 2.41. The van der Waals surface area contributed by atoms with E-state index in [4.69, 9.17) is 0 Å². The average molecular weight is 272 g/mol. The molecule has 20 heavy (non-hydrogen) atoms. The molecule has 0 spiro atoms. The number of benzene rings is 1. The van der Waals surface area contributed by atoms with Crippen LogP contribution in [0.1, 0.15) is 76.5 Å². The Bertz CT molecular complexity index is 527. The maximum atomic E-state index is 9.68. The van der Waals surface area contributed by atoms with E-state index in [0.29, 0.717) is 17.3 Å². The minimum atomic E-state index is -0.0644. The Morgan fingerprint density at radius 1 is 1.05 bits per heavy atom. The molecule has 0 aliphatic heterocycles. The van der Waals surface area contributed by atoms with Gasteiger partial charge < -0.3 is 5.11 Å². The summed E-state index contributed by atoms with van der Waals surface area (Å²) in [4.78, 5) is 0. The van der Waals surface area contributed by atoms with E-state index in [1.165, 1.54) is 29.5 Å². The van der Waals surface area contributed by atoms with Crippen molar-refractivity contribution in [3.8, 4) is 0 Å². The summed E-state index contributed by atoms with van der Waals surface area (Å²) in [7, 11) is 0. The number of hydrogen-bond donors (Lipinski definition) is 1. The molecule has 1 saturated carbocycles. The van der Waals surface area contributed by atoms with Crippen LogP contribution in [0.3, 0.4) is 0 Å². The van der Waals surface area contributed by atoms with Gasteiger partial charge in [-0.1, -0.05) is 52.8 Å². The largest absolute Gasteiger partial charge is 0.393 e. The van der Waals surface area contributed by atoms with Crippen molar-refractivity contribution in [1.82, 2.24) is 0 Å². The molecule has 2 aliphatic carbocycles. The Morgan fingerprint density at radius 3 is 2.15 bits per heavy atom. The number of aliphatic hydroxyl groups is 1. The molecule has 2 aliphatic rings. The van der Waals surface area contributed by atoms with Gasteiger partial charge in [0.2, 0.25) is 0 Å². The van der Waals surface area contributed by atoms with Crippen molar-refractivity contribution in [2.75, 3.05) is 0 Å². The van der Waals surface area contributed by atoms with Crippen LogP contribution >= 0.6 is 0 Å². The molecule has 1 unspecified atom stereocenters. The molecule has 0 heterocycles. The summed E-state index contributed by atoms with van der Waals surface area (Å²) in [6.45, 7) is 11.8. The van der Waals surface area contributed by atoms with E-state index in [1.54, 1.807) is 0 Å². The fourth-order valence-corrected chi connectivity index (χ4v) is 3.87. The highest BCUT2D eigenvalue weighted by atomic mass is 16.3. The first-order valence-corrected chi connectivity index (χ1v) is 8.05. The van der Waals surface area contributed by atoms with E-state index >= 15 is 0 Å². The second kappa shape index (κ2) is 4.34. The van der Waals surface area contributed by atoms with Gasteiger partial charge in [0.25, 0.3) is 0 Å². The maximum absolute atomic E-state index is 9.68. The predicted molar refractivity (Wildman–Crippen MR) is 84.3 cm³/mol. The van der Waals surface area contributed by atoms with Gasteiger partial charge >= 0.3 is 0 Å². The van der Waals surface area contributed by atoms with Gasteiger partial charge in [0.15, 0.2) is 0 Å². The summed E-state index contributed by atoms with van der Waals surface area (Å²) < 4.78 is 0. The quantitative estimate of drug-likeness (QED) is 0.839. The molecule has 3 atom stereocenters. The molecule has 0 amide bonds. The van der Waals surface area contributed by atoms with Gasteiger partial charge in [0.1, 0.15) is 0 Å². The lowest BCUT2D eigenvalue weighted by molar-refractivity contribution is 0.253. The van der Waals surface area contributed by atoms with Crippen molar-refractivity contribution in [2.45, 2.75) is 76.7 Å². The van der Waals surface area contributed by atoms with Crippen LogP contribution in [-0.4, -0.2) is 11.2 Å². The molecule has 0 radical (unpaired) electrons. The van der Waals surface area contributed by atoms with Crippen molar-refractivity contribution in [1.29, 1.82) is 0 Å². The van der Waals surface area contributed by atoms with E-state index in [-0.39, 0.29) is 11.5 Å². The van der Waals surface area contributed by atoms with E-state index in [2.05, 4.69) is 52.8 Å². The molecular weight excluding hydrogens is 244 g/mol. The van der Waals surface area contributed by atoms with E-state index in [1.807, 2.05) is 0 Å². The molecule has 1 aromatic rings. The lowest BCUT2D eigenvalue weighted by Crippen LogP contribution is -2.34. The second-order valence-corrected chi connectivity index (χ2v) is 8.33. The van der Waals surface area contributed by atoms with Crippen LogP contribution in [-0.2, 0) is 10.8 Å².